The molecule has 3 aromatic rings. The van der Waals surface area contributed by atoms with Crippen molar-refractivity contribution in [1.29, 1.82) is 0 Å². The molecule has 1 aliphatic rings. The second-order valence-electron chi connectivity index (χ2n) is 6.77. The van der Waals surface area contributed by atoms with Crippen molar-refractivity contribution in [3.63, 3.8) is 0 Å². The molecule has 0 bridgehead atoms. The van der Waals surface area contributed by atoms with Gasteiger partial charge < -0.3 is 15.4 Å². The van der Waals surface area contributed by atoms with Gasteiger partial charge in [-0.3, -0.25) is 19.7 Å². The molecule has 0 spiro atoms. The predicted octanol–water partition coefficient (Wildman–Crippen LogP) is 4.29. The number of amides is 1. The third-order valence-corrected chi connectivity index (χ3v) is 4.68. The number of nitro groups is 1. The maximum absolute atomic E-state index is 12.6. The zero-order valence-corrected chi connectivity index (χ0v) is 15.9. The first-order valence-corrected chi connectivity index (χ1v) is 9.19. The third kappa shape index (κ3) is 3.70. The van der Waals surface area contributed by atoms with Crippen molar-refractivity contribution in [2.24, 2.45) is 0 Å². The first-order valence-electron chi connectivity index (χ1n) is 9.19. The lowest BCUT2D eigenvalue weighted by atomic mass is 10.0. The van der Waals surface area contributed by atoms with Crippen molar-refractivity contribution < 1.29 is 19.2 Å². The minimum atomic E-state index is -0.591. The fraction of sp³-hybridized carbons (Fsp3) is 0.0909. The normalized spacial score (nSPS) is 14.8. The van der Waals surface area contributed by atoms with Crippen molar-refractivity contribution in [3.8, 4) is 5.75 Å². The molecule has 1 unspecified atom stereocenters. The van der Waals surface area contributed by atoms with E-state index in [1.807, 2.05) is 0 Å². The third-order valence-electron chi connectivity index (χ3n) is 4.68. The number of hydrogen-bond donors (Lipinski definition) is 2. The molecule has 1 aliphatic heterocycles. The van der Waals surface area contributed by atoms with E-state index < -0.39 is 11.0 Å². The molecule has 2 N–H and O–H groups in total. The van der Waals surface area contributed by atoms with Crippen LogP contribution in [0.1, 0.15) is 22.8 Å². The summed E-state index contributed by atoms with van der Waals surface area (Å²) in [5.41, 5.74) is 1.66. The Morgan fingerprint density at radius 3 is 2.57 bits per heavy atom. The highest BCUT2D eigenvalue weighted by Crippen LogP contribution is 2.35. The van der Waals surface area contributed by atoms with E-state index in [1.165, 1.54) is 18.2 Å². The van der Waals surface area contributed by atoms with E-state index in [-0.39, 0.29) is 28.6 Å². The van der Waals surface area contributed by atoms with E-state index in [0.717, 1.165) is 0 Å². The summed E-state index contributed by atoms with van der Waals surface area (Å²) in [5, 5.41) is 17.3. The Labute approximate surface area is 171 Å². The van der Waals surface area contributed by atoms with E-state index >= 15 is 0 Å². The largest absolute Gasteiger partial charge is 0.479 e. The highest BCUT2D eigenvalue weighted by atomic mass is 16.6. The van der Waals surface area contributed by atoms with Crippen LogP contribution in [0.15, 0.2) is 66.7 Å². The van der Waals surface area contributed by atoms with Crippen LogP contribution < -0.4 is 15.4 Å². The number of hydrogen-bond acceptors (Lipinski definition) is 6. The molecule has 8 heteroatoms. The van der Waals surface area contributed by atoms with Gasteiger partial charge in [0.05, 0.1) is 10.6 Å². The Morgan fingerprint density at radius 1 is 1.07 bits per heavy atom. The number of ether oxygens (including phenoxy) is 1. The van der Waals surface area contributed by atoms with E-state index in [2.05, 4.69) is 10.6 Å². The number of anilines is 3. The van der Waals surface area contributed by atoms with Crippen molar-refractivity contribution in [1.82, 2.24) is 0 Å². The number of carbonyl (C=O) groups excluding carboxylic acids is 2. The minimum Gasteiger partial charge on any atom is -0.479 e. The van der Waals surface area contributed by atoms with Gasteiger partial charge >= 0.3 is 0 Å². The van der Waals surface area contributed by atoms with Gasteiger partial charge in [0, 0.05) is 22.9 Å². The summed E-state index contributed by atoms with van der Waals surface area (Å²) in [6, 6.07) is 17.8. The molecule has 1 heterocycles. The van der Waals surface area contributed by atoms with Crippen LogP contribution in [0.3, 0.4) is 0 Å². The number of nitrogens with zero attached hydrogens (tertiary/aromatic N) is 1. The molecule has 0 saturated carbocycles. The van der Waals surface area contributed by atoms with Gasteiger partial charge in [0.1, 0.15) is 11.4 Å². The molecule has 8 nitrogen and oxygen atoms in total. The van der Waals surface area contributed by atoms with Crippen LogP contribution in [0.2, 0.25) is 0 Å². The Balaban J connectivity index is 1.63. The van der Waals surface area contributed by atoms with Gasteiger partial charge in [-0.1, -0.05) is 30.3 Å². The Kier molecular flexibility index (Phi) is 4.89. The summed E-state index contributed by atoms with van der Waals surface area (Å²) in [4.78, 5) is 35.5. The second kappa shape index (κ2) is 7.67. The number of ketones is 1. The lowest BCUT2D eigenvalue weighted by Crippen LogP contribution is -2.34. The van der Waals surface area contributed by atoms with Gasteiger partial charge in [-0.2, -0.15) is 0 Å². The molecule has 1 atom stereocenters. The van der Waals surface area contributed by atoms with E-state index in [1.54, 1.807) is 55.5 Å². The SMILES string of the molecule is CC1Oc2ccc(Nc3ccc(C(=O)c4ccccc4)cc3[N+](=O)[O-])cc2NC1=O. The van der Waals surface area contributed by atoms with Crippen molar-refractivity contribution >= 4 is 34.4 Å². The van der Waals surface area contributed by atoms with E-state index in [9.17, 15) is 19.7 Å². The maximum atomic E-state index is 12.6. The Bertz CT molecular complexity index is 1160. The lowest BCUT2D eigenvalue weighted by molar-refractivity contribution is -0.383. The first kappa shape index (κ1) is 19.1. The molecular formula is C22H17N3O5. The summed E-state index contributed by atoms with van der Waals surface area (Å²) in [6.07, 6.45) is -0.591. The maximum Gasteiger partial charge on any atom is 0.293 e. The van der Waals surface area contributed by atoms with Gasteiger partial charge in [0.25, 0.3) is 11.6 Å². The summed E-state index contributed by atoms with van der Waals surface area (Å²) >= 11 is 0. The first-order chi connectivity index (χ1) is 14.4. The van der Waals surface area contributed by atoms with Crippen LogP contribution in [0, 0.1) is 10.1 Å². The monoisotopic (exact) mass is 403 g/mol. The number of rotatable bonds is 5. The Morgan fingerprint density at radius 2 is 1.83 bits per heavy atom. The van der Waals surface area contributed by atoms with E-state index in [0.29, 0.717) is 22.7 Å². The molecule has 0 radical (unpaired) electrons. The Hall–Kier alpha value is -4.20. The van der Waals surface area contributed by atoms with Crippen LogP contribution in [0.25, 0.3) is 0 Å². The molecule has 4 rings (SSSR count). The number of benzene rings is 3. The zero-order chi connectivity index (χ0) is 21.3. The van der Waals surface area contributed by atoms with Gasteiger partial charge in [-0.15, -0.1) is 0 Å². The average Bonchev–Trinajstić information content (AvgIpc) is 2.75. The van der Waals surface area contributed by atoms with Crippen molar-refractivity contribution in [3.05, 3.63) is 88.0 Å². The topological polar surface area (TPSA) is 111 Å². The second-order valence-corrected chi connectivity index (χ2v) is 6.77. The molecular weight excluding hydrogens is 386 g/mol. The van der Waals surface area contributed by atoms with Crippen LogP contribution in [0.4, 0.5) is 22.7 Å². The number of nitro benzene ring substituents is 1. The van der Waals surface area contributed by atoms with Crippen molar-refractivity contribution in [2.45, 2.75) is 13.0 Å². The molecule has 1 amide bonds. The van der Waals surface area contributed by atoms with Crippen LogP contribution in [0.5, 0.6) is 5.75 Å². The van der Waals surface area contributed by atoms with Gasteiger partial charge in [0.2, 0.25) is 0 Å². The zero-order valence-electron chi connectivity index (χ0n) is 15.9. The summed E-state index contributed by atoms with van der Waals surface area (Å²) in [6.45, 7) is 1.64. The minimum absolute atomic E-state index is 0.221. The number of carbonyl (C=O) groups is 2. The fourth-order valence-electron chi connectivity index (χ4n) is 3.13. The summed E-state index contributed by atoms with van der Waals surface area (Å²) in [7, 11) is 0. The highest BCUT2D eigenvalue weighted by Gasteiger charge is 2.24. The standard InChI is InChI=1S/C22H17N3O5/c1-13-22(27)24-18-12-16(8-10-20(18)30-13)23-17-9-7-15(11-19(17)25(28)29)21(26)14-5-3-2-4-6-14/h2-13,23H,1H3,(H,24,27). The molecule has 0 fully saturated rings. The summed E-state index contributed by atoms with van der Waals surface area (Å²) < 4.78 is 5.51. The molecule has 0 aromatic heterocycles. The van der Waals surface area contributed by atoms with E-state index in [4.69, 9.17) is 4.74 Å². The fourth-order valence-corrected chi connectivity index (χ4v) is 3.13. The molecule has 30 heavy (non-hydrogen) atoms. The molecule has 0 aliphatic carbocycles. The van der Waals surface area contributed by atoms with Crippen LogP contribution in [-0.4, -0.2) is 22.7 Å². The van der Waals surface area contributed by atoms with Gasteiger partial charge in [0.15, 0.2) is 11.9 Å². The highest BCUT2D eigenvalue weighted by molar-refractivity contribution is 6.09. The molecule has 150 valence electrons. The molecule has 0 saturated heterocycles. The van der Waals surface area contributed by atoms with Crippen LogP contribution >= 0.6 is 0 Å². The number of fused-ring (bicyclic) bond motifs is 1. The quantitative estimate of drug-likeness (QED) is 0.374. The lowest BCUT2D eigenvalue weighted by Gasteiger charge is -2.23. The molecule has 3 aromatic carbocycles. The number of nitrogens with one attached hydrogen (secondary N) is 2. The van der Waals surface area contributed by atoms with Gasteiger partial charge in [-0.05, 0) is 37.3 Å². The predicted molar refractivity (Wildman–Crippen MR) is 111 cm³/mol. The summed E-state index contributed by atoms with van der Waals surface area (Å²) in [5.74, 6) is -0.0478. The van der Waals surface area contributed by atoms with Crippen LogP contribution in [-0.2, 0) is 4.79 Å². The van der Waals surface area contributed by atoms with Gasteiger partial charge in [-0.25, -0.2) is 0 Å². The van der Waals surface area contributed by atoms with Crippen molar-refractivity contribution in [2.75, 3.05) is 10.6 Å². The average molecular weight is 403 g/mol. The smallest absolute Gasteiger partial charge is 0.293 e.